The normalized spacial score (nSPS) is 12.3. The lowest BCUT2D eigenvalue weighted by atomic mass is 10.0. The number of carboxylic acid groups (broad SMARTS) is 1. The molecule has 1 unspecified atom stereocenters. The Morgan fingerprint density at radius 2 is 2.15 bits per heavy atom. The highest BCUT2D eigenvalue weighted by Gasteiger charge is 2.15. The molecule has 6 heteroatoms. The van der Waals surface area contributed by atoms with Crippen molar-refractivity contribution >= 4 is 5.97 Å². The van der Waals surface area contributed by atoms with Crippen molar-refractivity contribution in [3.05, 3.63) is 29.8 Å². The van der Waals surface area contributed by atoms with Crippen molar-refractivity contribution in [1.29, 1.82) is 0 Å². The van der Waals surface area contributed by atoms with Crippen molar-refractivity contribution in [2.45, 2.75) is 33.2 Å². The van der Waals surface area contributed by atoms with Gasteiger partial charge in [0.15, 0.2) is 5.82 Å². The van der Waals surface area contributed by atoms with E-state index in [0.717, 1.165) is 12.0 Å². The summed E-state index contributed by atoms with van der Waals surface area (Å²) < 4.78 is 1.67. The van der Waals surface area contributed by atoms with Crippen LogP contribution in [0.25, 0.3) is 11.4 Å². The fourth-order valence-electron chi connectivity index (χ4n) is 2.03. The number of rotatable bonds is 6. The minimum atomic E-state index is -0.798. The smallest absolute Gasteiger partial charge is 0.306 e. The zero-order valence-corrected chi connectivity index (χ0v) is 11.7. The van der Waals surface area contributed by atoms with Crippen molar-refractivity contribution in [1.82, 2.24) is 20.2 Å². The summed E-state index contributed by atoms with van der Waals surface area (Å²) in [5.41, 5.74) is 2.18. The molecule has 0 saturated carbocycles. The van der Waals surface area contributed by atoms with Gasteiger partial charge in [0, 0.05) is 12.1 Å². The average molecular weight is 274 g/mol. The lowest BCUT2D eigenvalue weighted by molar-refractivity contribution is -0.141. The van der Waals surface area contributed by atoms with Crippen LogP contribution in [0.3, 0.4) is 0 Å². The molecule has 0 fully saturated rings. The number of tetrazole rings is 1. The van der Waals surface area contributed by atoms with E-state index in [1.54, 1.807) is 11.6 Å². The summed E-state index contributed by atoms with van der Waals surface area (Å²) >= 11 is 0. The van der Waals surface area contributed by atoms with E-state index in [2.05, 4.69) is 22.4 Å². The Morgan fingerprint density at radius 1 is 1.40 bits per heavy atom. The second kappa shape index (κ2) is 6.27. The summed E-state index contributed by atoms with van der Waals surface area (Å²) in [5.74, 6) is -0.512. The Morgan fingerprint density at radius 3 is 2.85 bits per heavy atom. The summed E-state index contributed by atoms with van der Waals surface area (Å²) in [6.07, 6.45) is 1.40. The number of benzene rings is 1. The average Bonchev–Trinajstić information content (AvgIpc) is 2.92. The van der Waals surface area contributed by atoms with Crippen LogP contribution < -0.4 is 0 Å². The molecule has 0 aliphatic heterocycles. The number of aromatic nitrogens is 4. The quantitative estimate of drug-likeness (QED) is 0.871. The Kier molecular flexibility index (Phi) is 4.45. The van der Waals surface area contributed by atoms with Gasteiger partial charge in [0.2, 0.25) is 0 Å². The summed E-state index contributed by atoms with van der Waals surface area (Å²) in [4.78, 5) is 10.9. The molecule has 20 heavy (non-hydrogen) atoms. The maximum Gasteiger partial charge on any atom is 0.306 e. The summed E-state index contributed by atoms with van der Waals surface area (Å²) in [7, 11) is 0. The minimum Gasteiger partial charge on any atom is -0.481 e. The lowest BCUT2D eigenvalue weighted by Gasteiger charge is -2.09. The van der Waals surface area contributed by atoms with Gasteiger partial charge in [-0.15, -0.1) is 5.10 Å². The van der Waals surface area contributed by atoms with Crippen molar-refractivity contribution in [2.75, 3.05) is 0 Å². The third-order valence-corrected chi connectivity index (χ3v) is 3.37. The van der Waals surface area contributed by atoms with Crippen molar-refractivity contribution in [3.8, 4) is 11.4 Å². The highest BCUT2D eigenvalue weighted by molar-refractivity contribution is 5.69. The first-order chi connectivity index (χ1) is 9.63. The molecule has 0 bridgehead atoms. The third kappa shape index (κ3) is 3.01. The maximum atomic E-state index is 10.9. The second-order valence-corrected chi connectivity index (χ2v) is 4.76. The molecule has 1 N–H and O–H groups in total. The first-order valence-electron chi connectivity index (χ1n) is 6.70. The van der Waals surface area contributed by atoms with Crippen LogP contribution >= 0.6 is 0 Å². The number of hydrogen-bond donors (Lipinski definition) is 1. The molecule has 1 aromatic heterocycles. The first kappa shape index (κ1) is 14.2. The predicted octanol–water partition coefficient (Wildman–Crippen LogP) is 2.01. The zero-order chi connectivity index (χ0) is 14.5. The van der Waals surface area contributed by atoms with Gasteiger partial charge in [-0.25, -0.2) is 4.68 Å². The monoisotopic (exact) mass is 274 g/mol. The van der Waals surface area contributed by atoms with Crippen LogP contribution in [-0.4, -0.2) is 31.3 Å². The standard InChI is InChI=1S/C14H18N4O2/c1-3-11-6-4-5-7-12(11)13-15-16-17-18(13)9-8-10(2)14(19)20/h4-7,10H,3,8-9H2,1-2H3,(H,19,20). The van der Waals surface area contributed by atoms with Crippen LogP contribution in [0.1, 0.15) is 25.8 Å². The largest absolute Gasteiger partial charge is 0.481 e. The van der Waals surface area contributed by atoms with Gasteiger partial charge < -0.3 is 5.11 Å². The maximum absolute atomic E-state index is 10.9. The number of carboxylic acids is 1. The van der Waals surface area contributed by atoms with Gasteiger partial charge in [-0.1, -0.05) is 38.1 Å². The molecule has 1 heterocycles. The fourth-order valence-corrected chi connectivity index (χ4v) is 2.03. The fraction of sp³-hybridized carbons (Fsp3) is 0.429. The highest BCUT2D eigenvalue weighted by Crippen LogP contribution is 2.21. The predicted molar refractivity (Wildman–Crippen MR) is 74.0 cm³/mol. The van der Waals surface area contributed by atoms with Crippen LogP contribution in [0.5, 0.6) is 0 Å². The second-order valence-electron chi connectivity index (χ2n) is 4.76. The molecule has 0 spiro atoms. The molecule has 106 valence electrons. The topological polar surface area (TPSA) is 80.9 Å². The van der Waals surface area contributed by atoms with E-state index in [1.165, 1.54) is 5.56 Å². The number of aliphatic carboxylic acids is 1. The molecule has 0 aliphatic carbocycles. The van der Waals surface area contributed by atoms with E-state index in [0.29, 0.717) is 18.8 Å². The van der Waals surface area contributed by atoms with E-state index in [4.69, 9.17) is 5.11 Å². The van der Waals surface area contributed by atoms with E-state index >= 15 is 0 Å². The van der Waals surface area contributed by atoms with Crippen LogP contribution in [0.4, 0.5) is 0 Å². The van der Waals surface area contributed by atoms with Gasteiger partial charge in [0.1, 0.15) is 0 Å². The van der Waals surface area contributed by atoms with Crippen LogP contribution in [-0.2, 0) is 17.8 Å². The van der Waals surface area contributed by atoms with Gasteiger partial charge >= 0.3 is 5.97 Å². The molecule has 1 atom stereocenters. The molecule has 0 aliphatic rings. The zero-order valence-electron chi connectivity index (χ0n) is 11.7. The van der Waals surface area contributed by atoms with Crippen molar-refractivity contribution in [3.63, 3.8) is 0 Å². The van der Waals surface area contributed by atoms with Gasteiger partial charge in [-0.2, -0.15) is 0 Å². The van der Waals surface area contributed by atoms with Crippen molar-refractivity contribution < 1.29 is 9.90 Å². The van der Waals surface area contributed by atoms with E-state index in [-0.39, 0.29) is 0 Å². The van der Waals surface area contributed by atoms with Crippen LogP contribution in [0, 0.1) is 5.92 Å². The van der Waals surface area contributed by atoms with E-state index in [1.807, 2.05) is 24.3 Å². The van der Waals surface area contributed by atoms with Gasteiger partial charge in [0.05, 0.1) is 5.92 Å². The summed E-state index contributed by atoms with van der Waals surface area (Å²) in [6, 6.07) is 7.98. The molecule has 0 saturated heterocycles. The summed E-state index contributed by atoms with van der Waals surface area (Å²) in [6.45, 7) is 4.26. The minimum absolute atomic E-state index is 0.409. The van der Waals surface area contributed by atoms with E-state index < -0.39 is 11.9 Å². The number of aryl methyl sites for hydroxylation is 2. The molecule has 2 rings (SSSR count). The van der Waals surface area contributed by atoms with Crippen molar-refractivity contribution in [2.24, 2.45) is 5.92 Å². The molecule has 0 radical (unpaired) electrons. The Labute approximate surface area is 117 Å². The highest BCUT2D eigenvalue weighted by atomic mass is 16.4. The molecule has 2 aromatic rings. The Balaban J connectivity index is 2.22. The summed E-state index contributed by atoms with van der Waals surface area (Å²) in [5, 5.41) is 20.7. The van der Waals surface area contributed by atoms with Crippen LogP contribution in [0.15, 0.2) is 24.3 Å². The van der Waals surface area contributed by atoms with Crippen LogP contribution in [0.2, 0.25) is 0 Å². The number of carbonyl (C=O) groups is 1. The molecule has 1 aromatic carbocycles. The number of nitrogens with zero attached hydrogens (tertiary/aromatic N) is 4. The lowest BCUT2D eigenvalue weighted by Crippen LogP contribution is -2.14. The Hall–Kier alpha value is -2.24. The Bertz CT molecular complexity index is 594. The molecule has 6 nitrogen and oxygen atoms in total. The molecule has 0 amide bonds. The van der Waals surface area contributed by atoms with Gasteiger partial charge in [-0.3, -0.25) is 4.79 Å². The van der Waals surface area contributed by atoms with Gasteiger partial charge in [0.25, 0.3) is 0 Å². The SMILES string of the molecule is CCc1ccccc1-c1nnnn1CCC(C)C(=O)O. The van der Waals surface area contributed by atoms with Gasteiger partial charge in [-0.05, 0) is 28.8 Å². The molecular weight excluding hydrogens is 256 g/mol. The van der Waals surface area contributed by atoms with E-state index in [9.17, 15) is 4.79 Å². The third-order valence-electron chi connectivity index (χ3n) is 3.37. The first-order valence-corrected chi connectivity index (χ1v) is 6.70. The molecular formula is C14H18N4O2. The number of hydrogen-bond acceptors (Lipinski definition) is 4.